The van der Waals surface area contributed by atoms with Gasteiger partial charge in [-0.3, -0.25) is 0 Å². The van der Waals surface area contributed by atoms with Crippen LogP contribution in [0.4, 0.5) is 0 Å². The third-order valence-corrected chi connectivity index (χ3v) is 6.43. The Kier molecular flexibility index (Phi) is 6.90. The van der Waals surface area contributed by atoms with Crippen LogP contribution in [0.25, 0.3) is 22.0 Å². The lowest BCUT2D eigenvalue weighted by molar-refractivity contribution is 0.0807. The predicted molar refractivity (Wildman–Crippen MR) is 133 cm³/mol. The fraction of sp³-hybridized carbons (Fsp3) is 0.480. The highest BCUT2D eigenvalue weighted by molar-refractivity contribution is 8.32. The van der Waals surface area contributed by atoms with Gasteiger partial charge < -0.3 is 14.4 Å². The monoisotopic (exact) mass is 441 g/mol. The van der Waals surface area contributed by atoms with Gasteiger partial charge in [-0.25, -0.2) is 14.7 Å². The SMILES string of the molecule is CCn1cc(-c2cn(COCCS(C)(C)C)nc2C)c2cc(C#CC(C)(C)O)ccc21. The van der Waals surface area contributed by atoms with Crippen LogP contribution < -0.4 is 0 Å². The van der Waals surface area contributed by atoms with Crippen molar-refractivity contribution in [2.24, 2.45) is 0 Å². The molecule has 2 heterocycles. The van der Waals surface area contributed by atoms with Crippen molar-refractivity contribution in [3.8, 4) is 23.0 Å². The van der Waals surface area contributed by atoms with E-state index in [0.717, 1.165) is 46.7 Å². The Bertz CT molecular complexity index is 1120. The van der Waals surface area contributed by atoms with E-state index in [9.17, 15) is 5.11 Å². The van der Waals surface area contributed by atoms with Crippen molar-refractivity contribution in [1.29, 1.82) is 0 Å². The maximum Gasteiger partial charge on any atom is 0.139 e. The molecule has 0 aliphatic carbocycles. The first-order valence-electron chi connectivity index (χ1n) is 10.6. The van der Waals surface area contributed by atoms with Crippen molar-refractivity contribution in [3.63, 3.8) is 0 Å². The average molecular weight is 442 g/mol. The quantitative estimate of drug-likeness (QED) is 0.430. The van der Waals surface area contributed by atoms with Crippen LogP contribution in [0.15, 0.2) is 30.6 Å². The van der Waals surface area contributed by atoms with E-state index < -0.39 is 15.6 Å². The van der Waals surface area contributed by atoms with Crippen molar-refractivity contribution >= 4 is 20.9 Å². The number of hydrogen-bond donors (Lipinski definition) is 1. The van der Waals surface area contributed by atoms with Gasteiger partial charge in [0.1, 0.15) is 12.3 Å². The second-order valence-corrected chi connectivity index (χ2v) is 14.0. The van der Waals surface area contributed by atoms with Crippen molar-refractivity contribution in [3.05, 3.63) is 41.9 Å². The molecule has 0 aliphatic heterocycles. The highest BCUT2D eigenvalue weighted by Crippen LogP contribution is 2.34. The third-order valence-electron chi connectivity index (χ3n) is 5.03. The van der Waals surface area contributed by atoms with Crippen molar-refractivity contribution in [2.45, 2.75) is 46.6 Å². The molecule has 0 fully saturated rings. The maximum atomic E-state index is 9.94. The van der Waals surface area contributed by atoms with Gasteiger partial charge in [0.2, 0.25) is 0 Å². The first-order chi connectivity index (χ1) is 14.5. The summed E-state index contributed by atoms with van der Waals surface area (Å²) in [6, 6.07) is 6.22. The maximum absolute atomic E-state index is 9.94. The molecule has 31 heavy (non-hydrogen) atoms. The van der Waals surface area contributed by atoms with Crippen LogP contribution in [0, 0.1) is 18.8 Å². The van der Waals surface area contributed by atoms with E-state index in [1.165, 1.54) is 5.52 Å². The smallest absolute Gasteiger partial charge is 0.139 e. The Labute approximate surface area is 187 Å². The minimum absolute atomic E-state index is 0.463. The van der Waals surface area contributed by atoms with Gasteiger partial charge in [0, 0.05) is 52.3 Å². The number of benzene rings is 1. The van der Waals surface area contributed by atoms with E-state index in [4.69, 9.17) is 4.74 Å². The topological polar surface area (TPSA) is 52.2 Å². The molecule has 0 atom stereocenters. The highest BCUT2D eigenvalue weighted by Gasteiger charge is 2.15. The van der Waals surface area contributed by atoms with E-state index in [1.807, 2.05) is 17.7 Å². The van der Waals surface area contributed by atoms with Crippen LogP contribution in [0.1, 0.15) is 32.0 Å². The fourth-order valence-electron chi connectivity index (χ4n) is 3.39. The molecular formula is C25H35N3O2S. The predicted octanol–water partition coefficient (Wildman–Crippen LogP) is 4.62. The molecule has 1 N–H and O–H groups in total. The molecule has 0 spiro atoms. The molecule has 3 aromatic rings. The number of nitrogens with zero attached hydrogens (tertiary/aromatic N) is 3. The molecule has 1 aromatic carbocycles. The summed E-state index contributed by atoms with van der Waals surface area (Å²) >= 11 is 0. The lowest BCUT2D eigenvalue weighted by atomic mass is 10.0. The molecule has 3 rings (SSSR count). The van der Waals surface area contributed by atoms with Crippen molar-refractivity contribution in [2.75, 3.05) is 31.1 Å². The second-order valence-electron chi connectivity index (χ2n) is 9.37. The number of aromatic nitrogens is 3. The first-order valence-corrected chi connectivity index (χ1v) is 13.7. The molecule has 168 valence electrons. The Balaban J connectivity index is 1.92. The number of rotatable bonds is 7. The Morgan fingerprint density at radius 1 is 1.16 bits per heavy atom. The largest absolute Gasteiger partial charge is 0.378 e. The fourth-order valence-corrected chi connectivity index (χ4v) is 4.01. The molecule has 0 unspecified atom stereocenters. The number of aryl methyl sites for hydroxylation is 2. The molecule has 0 bridgehead atoms. The minimum atomic E-state index is -1.01. The zero-order valence-corrected chi connectivity index (χ0v) is 20.6. The lowest BCUT2D eigenvalue weighted by Crippen LogP contribution is -2.14. The Morgan fingerprint density at radius 2 is 1.90 bits per heavy atom. The number of fused-ring (bicyclic) bond motifs is 1. The summed E-state index contributed by atoms with van der Waals surface area (Å²) in [5.41, 5.74) is 4.28. The van der Waals surface area contributed by atoms with Crippen LogP contribution in [0.5, 0.6) is 0 Å². The summed E-state index contributed by atoms with van der Waals surface area (Å²) in [5.74, 6) is 7.10. The first kappa shape index (κ1) is 23.5. The summed E-state index contributed by atoms with van der Waals surface area (Å²) in [6.07, 6.45) is 11.2. The molecule has 0 aliphatic rings. The van der Waals surface area contributed by atoms with E-state index in [1.54, 1.807) is 13.8 Å². The lowest BCUT2D eigenvalue weighted by Gasteiger charge is -2.24. The number of ether oxygens (including phenoxy) is 1. The summed E-state index contributed by atoms with van der Waals surface area (Å²) in [5, 5.41) is 15.8. The zero-order chi connectivity index (χ0) is 22.8. The molecule has 0 radical (unpaired) electrons. The van der Waals surface area contributed by atoms with E-state index in [-0.39, 0.29) is 0 Å². The normalized spacial score (nSPS) is 12.8. The van der Waals surface area contributed by atoms with Gasteiger partial charge >= 0.3 is 0 Å². The van der Waals surface area contributed by atoms with E-state index >= 15 is 0 Å². The third kappa shape index (κ3) is 6.16. The van der Waals surface area contributed by atoms with Gasteiger partial charge in [0.15, 0.2) is 0 Å². The van der Waals surface area contributed by atoms with E-state index in [2.05, 4.69) is 71.7 Å². The average Bonchev–Trinajstić information content (AvgIpc) is 3.21. The van der Waals surface area contributed by atoms with Gasteiger partial charge in [-0.15, -0.1) is 0 Å². The molecule has 0 amide bonds. The van der Waals surface area contributed by atoms with Crippen LogP contribution in [-0.4, -0.2) is 56.2 Å². The summed E-state index contributed by atoms with van der Waals surface area (Å²) in [6.45, 7) is 9.68. The summed E-state index contributed by atoms with van der Waals surface area (Å²) < 4.78 is 10.0. The van der Waals surface area contributed by atoms with Crippen LogP contribution in [0.2, 0.25) is 0 Å². The Hall–Kier alpha value is -2.20. The minimum Gasteiger partial charge on any atom is -0.378 e. The van der Waals surface area contributed by atoms with Gasteiger partial charge in [0.05, 0.1) is 12.3 Å². The Morgan fingerprint density at radius 3 is 2.55 bits per heavy atom. The van der Waals surface area contributed by atoms with Crippen LogP contribution in [0.3, 0.4) is 0 Å². The van der Waals surface area contributed by atoms with Crippen LogP contribution in [-0.2, 0) is 18.0 Å². The number of hydrogen-bond acceptors (Lipinski definition) is 3. The summed E-state index contributed by atoms with van der Waals surface area (Å²) in [4.78, 5) is 0. The van der Waals surface area contributed by atoms with Gasteiger partial charge in [-0.05, 0) is 64.7 Å². The highest BCUT2D eigenvalue weighted by atomic mass is 32.3. The molecule has 2 aromatic heterocycles. The molecular weight excluding hydrogens is 406 g/mol. The number of aliphatic hydroxyl groups is 1. The van der Waals surface area contributed by atoms with Gasteiger partial charge in [-0.2, -0.15) is 5.10 Å². The summed E-state index contributed by atoms with van der Waals surface area (Å²) in [7, 11) is -0.551. The van der Waals surface area contributed by atoms with E-state index in [0.29, 0.717) is 6.73 Å². The second kappa shape index (κ2) is 9.12. The van der Waals surface area contributed by atoms with Gasteiger partial charge in [-0.1, -0.05) is 11.8 Å². The molecule has 0 saturated carbocycles. The molecule has 5 nitrogen and oxygen atoms in total. The van der Waals surface area contributed by atoms with Crippen LogP contribution >= 0.6 is 10.0 Å². The van der Waals surface area contributed by atoms with Gasteiger partial charge in [0.25, 0.3) is 0 Å². The standard InChI is InChI=1S/C25H35N3O2S/c1-8-27-16-23(21-15-20(9-10-24(21)27)11-12-25(3,4)29)22-17-28(26-19(22)2)18-30-13-14-31(5,6)7/h9-10,15-17,29H,8,13-14,18H2,1-7H3. The molecule has 6 heteroatoms. The van der Waals surface area contributed by atoms with Crippen molar-refractivity contribution in [1.82, 2.24) is 14.3 Å². The van der Waals surface area contributed by atoms with Crippen molar-refractivity contribution < 1.29 is 9.84 Å². The zero-order valence-electron chi connectivity index (χ0n) is 19.8. The molecule has 0 saturated heterocycles.